The van der Waals surface area contributed by atoms with Crippen LogP contribution in [-0.2, 0) is 11.2 Å². The van der Waals surface area contributed by atoms with Crippen LogP contribution in [0.15, 0.2) is 76.5 Å². The Morgan fingerprint density at radius 2 is 1.91 bits per heavy atom. The lowest BCUT2D eigenvalue weighted by atomic mass is 9.87. The van der Waals surface area contributed by atoms with Crippen LogP contribution >= 0.6 is 23.4 Å². The maximum absolute atomic E-state index is 13.0. The van der Waals surface area contributed by atoms with Gasteiger partial charge in [-0.2, -0.15) is 0 Å². The van der Waals surface area contributed by atoms with Gasteiger partial charge in [0.15, 0.2) is 0 Å². The Kier molecular flexibility index (Phi) is 5.77. The fraction of sp³-hybridized carbons (Fsp3) is 0.154. The highest BCUT2D eigenvalue weighted by Crippen LogP contribution is 2.40. The van der Waals surface area contributed by atoms with Crippen molar-refractivity contribution in [1.29, 1.82) is 0 Å². The number of benzene rings is 3. The van der Waals surface area contributed by atoms with E-state index in [4.69, 9.17) is 11.6 Å². The summed E-state index contributed by atoms with van der Waals surface area (Å²) >= 11 is 7.60. The van der Waals surface area contributed by atoms with Crippen LogP contribution in [0.4, 0.5) is 5.69 Å². The van der Waals surface area contributed by atoms with E-state index in [0.29, 0.717) is 21.2 Å². The average Bonchev–Trinajstić information content (AvgIpc) is 2.81. The first kappa shape index (κ1) is 20.9. The number of anilines is 1. The van der Waals surface area contributed by atoms with Gasteiger partial charge >= 0.3 is 0 Å². The van der Waals surface area contributed by atoms with Crippen molar-refractivity contribution in [3.8, 4) is 0 Å². The highest BCUT2D eigenvalue weighted by Gasteiger charge is 2.25. The number of hydrogen-bond acceptors (Lipinski definition) is 3. The van der Waals surface area contributed by atoms with Gasteiger partial charge in [0, 0.05) is 15.5 Å². The minimum atomic E-state index is -0.207. The quantitative estimate of drug-likeness (QED) is 0.455. The van der Waals surface area contributed by atoms with E-state index in [0.717, 1.165) is 29.7 Å². The Balaban J connectivity index is 1.35. The van der Waals surface area contributed by atoms with Gasteiger partial charge < -0.3 is 10.6 Å². The molecule has 0 radical (unpaired) electrons. The van der Waals surface area contributed by atoms with Gasteiger partial charge in [-0.15, -0.1) is 0 Å². The van der Waals surface area contributed by atoms with Crippen molar-refractivity contribution in [1.82, 2.24) is 5.32 Å². The summed E-state index contributed by atoms with van der Waals surface area (Å²) < 4.78 is 0. The summed E-state index contributed by atoms with van der Waals surface area (Å²) in [6, 6.07) is 21.1. The lowest BCUT2D eigenvalue weighted by molar-refractivity contribution is -0.112. The van der Waals surface area contributed by atoms with Crippen molar-refractivity contribution < 1.29 is 9.59 Å². The van der Waals surface area contributed by atoms with Crippen LogP contribution in [0.25, 0.3) is 6.08 Å². The molecule has 0 fully saturated rings. The second kappa shape index (κ2) is 8.85. The SMILES string of the molecule is O=C1Nc2cc(C(=O)NC3CCCc4ccccc43)ccc2SC1=Cc1ccccc1Cl. The molecule has 0 saturated heterocycles. The molecule has 5 rings (SSSR count). The first-order chi connectivity index (χ1) is 15.6. The lowest BCUT2D eigenvalue weighted by Crippen LogP contribution is -2.31. The molecule has 6 heteroatoms. The van der Waals surface area contributed by atoms with Gasteiger partial charge in [-0.05, 0) is 66.3 Å². The monoisotopic (exact) mass is 460 g/mol. The largest absolute Gasteiger partial charge is 0.345 e. The second-order valence-electron chi connectivity index (χ2n) is 7.91. The number of nitrogens with one attached hydrogen (secondary N) is 2. The summed E-state index contributed by atoms with van der Waals surface area (Å²) in [5, 5.41) is 6.68. The van der Waals surface area contributed by atoms with Gasteiger partial charge in [0.05, 0.1) is 16.6 Å². The number of carbonyl (C=O) groups excluding carboxylic acids is 2. The second-order valence-corrected chi connectivity index (χ2v) is 9.41. The summed E-state index contributed by atoms with van der Waals surface area (Å²) in [6.07, 6.45) is 4.82. The van der Waals surface area contributed by atoms with Crippen LogP contribution < -0.4 is 10.6 Å². The maximum Gasteiger partial charge on any atom is 0.262 e. The molecule has 1 atom stereocenters. The molecule has 1 aliphatic heterocycles. The van der Waals surface area contributed by atoms with Gasteiger partial charge in [-0.25, -0.2) is 0 Å². The molecule has 32 heavy (non-hydrogen) atoms. The first-order valence-corrected chi connectivity index (χ1v) is 11.8. The van der Waals surface area contributed by atoms with Crippen LogP contribution in [0.5, 0.6) is 0 Å². The molecule has 2 aliphatic rings. The Hall–Kier alpha value is -3.02. The van der Waals surface area contributed by atoms with E-state index >= 15 is 0 Å². The molecule has 0 aromatic heterocycles. The molecule has 0 spiro atoms. The van der Waals surface area contributed by atoms with Crippen molar-refractivity contribution in [2.24, 2.45) is 0 Å². The fourth-order valence-electron chi connectivity index (χ4n) is 4.18. The molecule has 3 aromatic carbocycles. The molecule has 0 saturated carbocycles. The number of amides is 2. The predicted molar refractivity (Wildman–Crippen MR) is 130 cm³/mol. The molecule has 1 aliphatic carbocycles. The highest BCUT2D eigenvalue weighted by molar-refractivity contribution is 8.04. The minimum Gasteiger partial charge on any atom is -0.345 e. The van der Waals surface area contributed by atoms with Crippen LogP contribution in [0.3, 0.4) is 0 Å². The minimum absolute atomic E-state index is 0.0117. The molecule has 1 heterocycles. The zero-order valence-electron chi connectivity index (χ0n) is 17.2. The van der Waals surface area contributed by atoms with Crippen LogP contribution in [0, 0.1) is 0 Å². The lowest BCUT2D eigenvalue weighted by Gasteiger charge is -2.26. The third kappa shape index (κ3) is 4.18. The third-order valence-electron chi connectivity index (χ3n) is 5.80. The molecule has 1 unspecified atom stereocenters. The summed E-state index contributed by atoms with van der Waals surface area (Å²) in [6.45, 7) is 0. The van der Waals surface area contributed by atoms with Gasteiger partial charge in [0.2, 0.25) is 0 Å². The summed E-state index contributed by atoms with van der Waals surface area (Å²) in [5.74, 6) is -0.340. The van der Waals surface area contributed by atoms with Crippen LogP contribution in [0.1, 0.15) is 45.9 Å². The van der Waals surface area contributed by atoms with E-state index in [9.17, 15) is 9.59 Å². The van der Waals surface area contributed by atoms with Gasteiger partial charge in [0.1, 0.15) is 0 Å². The zero-order valence-corrected chi connectivity index (χ0v) is 18.8. The predicted octanol–water partition coefficient (Wildman–Crippen LogP) is 6.23. The molecule has 3 aromatic rings. The van der Waals surface area contributed by atoms with E-state index in [-0.39, 0.29) is 17.9 Å². The zero-order chi connectivity index (χ0) is 22.1. The Bertz CT molecular complexity index is 1250. The van der Waals surface area contributed by atoms with Gasteiger partial charge in [0.25, 0.3) is 11.8 Å². The maximum atomic E-state index is 13.0. The Labute approximate surface area is 196 Å². The Morgan fingerprint density at radius 1 is 1.09 bits per heavy atom. The van der Waals surface area contributed by atoms with Crippen molar-refractivity contribution in [2.75, 3.05) is 5.32 Å². The number of fused-ring (bicyclic) bond motifs is 2. The number of carbonyl (C=O) groups is 2. The molecule has 2 N–H and O–H groups in total. The van der Waals surface area contributed by atoms with E-state index in [1.807, 2.05) is 36.4 Å². The smallest absolute Gasteiger partial charge is 0.262 e. The number of aryl methyl sites for hydroxylation is 1. The van der Waals surface area contributed by atoms with Crippen molar-refractivity contribution in [2.45, 2.75) is 30.2 Å². The molecule has 2 amide bonds. The number of rotatable bonds is 3. The van der Waals surface area contributed by atoms with Gasteiger partial charge in [-0.1, -0.05) is 65.8 Å². The first-order valence-electron chi connectivity index (χ1n) is 10.6. The summed E-state index contributed by atoms with van der Waals surface area (Å²) in [5.41, 5.74) is 4.47. The molecular weight excluding hydrogens is 440 g/mol. The number of thioether (sulfide) groups is 1. The van der Waals surface area contributed by atoms with Crippen LogP contribution in [0.2, 0.25) is 5.02 Å². The number of halogens is 1. The van der Waals surface area contributed by atoms with E-state index < -0.39 is 0 Å². The van der Waals surface area contributed by atoms with E-state index in [1.165, 1.54) is 22.9 Å². The normalized spacial score (nSPS) is 18.5. The Morgan fingerprint density at radius 3 is 2.78 bits per heavy atom. The molecule has 4 nitrogen and oxygen atoms in total. The molecule has 160 valence electrons. The highest BCUT2D eigenvalue weighted by atomic mass is 35.5. The van der Waals surface area contributed by atoms with Crippen molar-refractivity contribution in [3.63, 3.8) is 0 Å². The number of hydrogen-bond donors (Lipinski definition) is 2. The third-order valence-corrected chi connectivity index (χ3v) is 7.24. The van der Waals surface area contributed by atoms with Gasteiger partial charge in [-0.3, -0.25) is 9.59 Å². The van der Waals surface area contributed by atoms with Crippen molar-refractivity contribution in [3.05, 3.63) is 98.9 Å². The average molecular weight is 461 g/mol. The standard InChI is InChI=1S/C26H21ClN2O2S/c27-20-10-4-2-7-17(20)15-24-26(31)29-22-14-18(12-13-23(22)32-24)25(30)28-21-11-5-8-16-6-1-3-9-19(16)21/h1-4,6-7,9-10,12-15,21H,5,8,11H2,(H,28,30)(H,29,31). The fourth-order valence-corrected chi connectivity index (χ4v) is 5.29. The molecule has 0 bridgehead atoms. The van der Waals surface area contributed by atoms with E-state index in [1.54, 1.807) is 24.3 Å². The summed E-state index contributed by atoms with van der Waals surface area (Å²) in [4.78, 5) is 27.1. The topological polar surface area (TPSA) is 58.2 Å². The van der Waals surface area contributed by atoms with Crippen molar-refractivity contribution >= 4 is 46.9 Å². The van der Waals surface area contributed by atoms with Crippen LogP contribution in [-0.4, -0.2) is 11.8 Å². The molecular formula is C26H21ClN2O2S. The van der Waals surface area contributed by atoms with E-state index in [2.05, 4.69) is 22.8 Å². The summed E-state index contributed by atoms with van der Waals surface area (Å²) in [7, 11) is 0.